The molecule has 0 aliphatic carbocycles. The third-order valence-electron chi connectivity index (χ3n) is 2.13. The molecule has 0 bridgehead atoms. The molecule has 1 aliphatic rings. The van der Waals surface area contributed by atoms with Gasteiger partial charge in [-0.25, -0.2) is 0 Å². The van der Waals surface area contributed by atoms with Gasteiger partial charge < -0.3 is 10.8 Å². The number of aliphatic hydroxyl groups is 1. The normalized spacial score (nSPS) is 24.9. The average Bonchev–Trinajstić information content (AvgIpc) is 2.53. The van der Waals surface area contributed by atoms with Crippen molar-refractivity contribution >= 4 is 0 Å². The van der Waals surface area contributed by atoms with Crippen LogP contribution in [0.3, 0.4) is 0 Å². The van der Waals surface area contributed by atoms with Gasteiger partial charge in [-0.15, -0.1) is 6.58 Å². The van der Waals surface area contributed by atoms with Crippen LogP contribution in [-0.2, 0) is 0 Å². The number of rotatable bonds is 3. The zero-order chi connectivity index (χ0) is 8.27. The van der Waals surface area contributed by atoms with Crippen molar-refractivity contribution in [1.82, 2.24) is 4.90 Å². The van der Waals surface area contributed by atoms with Crippen molar-refractivity contribution in [3.05, 3.63) is 12.7 Å². The second-order valence-corrected chi connectivity index (χ2v) is 2.97. The van der Waals surface area contributed by atoms with Crippen LogP contribution in [0, 0.1) is 0 Å². The van der Waals surface area contributed by atoms with Crippen LogP contribution in [0.2, 0.25) is 0 Å². The van der Waals surface area contributed by atoms with Crippen LogP contribution in [0.25, 0.3) is 0 Å². The standard InChI is InChI=1S/C8H16N2O/c1-2-7(9)8(11)10-5-3-4-6-10/h2,7-8,11H,1,3-6,9H2. The molecule has 0 spiro atoms. The Bertz CT molecular complexity index is 132. The number of nitrogens with zero attached hydrogens (tertiary/aromatic N) is 1. The summed E-state index contributed by atoms with van der Waals surface area (Å²) >= 11 is 0. The SMILES string of the molecule is C=CC(N)C(O)N1CCCC1. The largest absolute Gasteiger partial charge is 0.376 e. The maximum absolute atomic E-state index is 9.55. The molecule has 0 saturated carbocycles. The minimum absolute atomic E-state index is 0.312. The molecule has 1 saturated heterocycles. The van der Waals surface area contributed by atoms with Gasteiger partial charge in [0.2, 0.25) is 0 Å². The van der Waals surface area contributed by atoms with Gasteiger partial charge in [0, 0.05) is 13.1 Å². The van der Waals surface area contributed by atoms with Crippen molar-refractivity contribution in [2.75, 3.05) is 13.1 Å². The van der Waals surface area contributed by atoms with Crippen LogP contribution in [0.15, 0.2) is 12.7 Å². The molecule has 1 rings (SSSR count). The van der Waals surface area contributed by atoms with Crippen LogP contribution in [-0.4, -0.2) is 35.4 Å². The molecule has 2 unspecified atom stereocenters. The predicted octanol–water partition coefficient (Wildman–Crippen LogP) is -0.0861. The van der Waals surface area contributed by atoms with Crippen molar-refractivity contribution in [3.63, 3.8) is 0 Å². The van der Waals surface area contributed by atoms with Gasteiger partial charge in [-0.05, 0) is 12.8 Å². The van der Waals surface area contributed by atoms with E-state index in [-0.39, 0.29) is 6.04 Å². The molecular formula is C8H16N2O. The highest BCUT2D eigenvalue weighted by Crippen LogP contribution is 2.11. The smallest absolute Gasteiger partial charge is 0.126 e. The molecule has 0 aromatic rings. The summed E-state index contributed by atoms with van der Waals surface area (Å²) in [5, 5.41) is 9.55. The Hall–Kier alpha value is -0.380. The topological polar surface area (TPSA) is 49.5 Å². The van der Waals surface area contributed by atoms with E-state index in [0.717, 1.165) is 13.1 Å². The molecule has 1 heterocycles. The number of hydrogen-bond donors (Lipinski definition) is 2. The van der Waals surface area contributed by atoms with Crippen molar-refractivity contribution in [3.8, 4) is 0 Å². The summed E-state index contributed by atoms with van der Waals surface area (Å²) < 4.78 is 0. The van der Waals surface area contributed by atoms with Crippen molar-refractivity contribution in [2.24, 2.45) is 5.73 Å². The van der Waals surface area contributed by atoms with Crippen molar-refractivity contribution in [2.45, 2.75) is 25.1 Å². The van der Waals surface area contributed by atoms with E-state index in [9.17, 15) is 5.11 Å². The Morgan fingerprint density at radius 3 is 2.45 bits per heavy atom. The molecule has 11 heavy (non-hydrogen) atoms. The Morgan fingerprint density at radius 2 is 2.00 bits per heavy atom. The molecule has 3 N–H and O–H groups in total. The highest BCUT2D eigenvalue weighted by molar-refractivity contribution is 4.89. The van der Waals surface area contributed by atoms with Gasteiger partial charge in [-0.2, -0.15) is 0 Å². The molecule has 0 aromatic carbocycles. The molecular weight excluding hydrogens is 140 g/mol. The fourth-order valence-corrected chi connectivity index (χ4v) is 1.37. The van der Waals surface area contributed by atoms with Crippen molar-refractivity contribution < 1.29 is 5.11 Å². The highest BCUT2D eigenvalue weighted by Gasteiger charge is 2.22. The number of hydrogen-bond acceptors (Lipinski definition) is 3. The molecule has 0 radical (unpaired) electrons. The lowest BCUT2D eigenvalue weighted by atomic mass is 10.2. The van der Waals surface area contributed by atoms with E-state index in [1.165, 1.54) is 12.8 Å². The molecule has 3 heteroatoms. The van der Waals surface area contributed by atoms with Gasteiger partial charge in [-0.1, -0.05) is 6.08 Å². The van der Waals surface area contributed by atoms with E-state index in [4.69, 9.17) is 5.73 Å². The van der Waals surface area contributed by atoms with E-state index in [2.05, 4.69) is 6.58 Å². The minimum atomic E-state index is -0.532. The first kappa shape index (κ1) is 8.71. The lowest BCUT2D eigenvalue weighted by Gasteiger charge is -2.25. The summed E-state index contributed by atoms with van der Waals surface area (Å²) in [6.07, 6.45) is 3.39. The fourth-order valence-electron chi connectivity index (χ4n) is 1.37. The maximum atomic E-state index is 9.55. The summed E-state index contributed by atoms with van der Waals surface area (Å²) in [5.74, 6) is 0. The Kier molecular flexibility index (Phi) is 3.05. The second kappa shape index (κ2) is 3.85. The number of aliphatic hydroxyl groups excluding tert-OH is 1. The third kappa shape index (κ3) is 2.02. The second-order valence-electron chi connectivity index (χ2n) is 2.97. The van der Waals surface area contributed by atoms with E-state index < -0.39 is 6.23 Å². The summed E-state index contributed by atoms with van der Waals surface area (Å²) in [5.41, 5.74) is 5.59. The quantitative estimate of drug-likeness (QED) is 0.562. The summed E-state index contributed by atoms with van der Waals surface area (Å²) in [6.45, 7) is 5.46. The molecule has 64 valence electrons. The van der Waals surface area contributed by atoms with Gasteiger partial charge in [-0.3, -0.25) is 4.90 Å². The van der Waals surface area contributed by atoms with Crippen LogP contribution in [0.4, 0.5) is 0 Å². The predicted molar refractivity (Wildman–Crippen MR) is 45.0 cm³/mol. The van der Waals surface area contributed by atoms with Crippen LogP contribution in [0.5, 0.6) is 0 Å². The van der Waals surface area contributed by atoms with E-state index in [1.807, 2.05) is 4.90 Å². The average molecular weight is 156 g/mol. The Morgan fingerprint density at radius 1 is 1.45 bits per heavy atom. The number of nitrogens with two attached hydrogens (primary N) is 1. The van der Waals surface area contributed by atoms with E-state index in [1.54, 1.807) is 6.08 Å². The van der Waals surface area contributed by atoms with Gasteiger partial charge in [0.25, 0.3) is 0 Å². The first-order valence-electron chi connectivity index (χ1n) is 4.06. The monoisotopic (exact) mass is 156 g/mol. The van der Waals surface area contributed by atoms with E-state index in [0.29, 0.717) is 0 Å². The minimum Gasteiger partial charge on any atom is -0.376 e. The fraction of sp³-hybridized carbons (Fsp3) is 0.750. The Labute approximate surface area is 67.5 Å². The lowest BCUT2D eigenvalue weighted by Crippen LogP contribution is -2.45. The van der Waals surface area contributed by atoms with Gasteiger partial charge in [0.15, 0.2) is 0 Å². The van der Waals surface area contributed by atoms with Crippen molar-refractivity contribution in [1.29, 1.82) is 0 Å². The van der Waals surface area contributed by atoms with Crippen LogP contribution in [0.1, 0.15) is 12.8 Å². The molecule has 1 aliphatic heterocycles. The zero-order valence-electron chi connectivity index (χ0n) is 6.74. The van der Waals surface area contributed by atoms with Gasteiger partial charge in [0.05, 0.1) is 6.04 Å². The first-order valence-corrected chi connectivity index (χ1v) is 4.06. The van der Waals surface area contributed by atoms with Crippen LogP contribution < -0.4 is 5.73 Å². The lowest BCUT2D eigenvalue weighted by molar-refractivity contribution is 0.0114. The van der Waals surface area contributed by atoms with Gasteiger partial charge >= 0.3 is 0 Å². The van der Waals surface area contributed by atoms with Gasteiger partial charge in [0.1, 0.15) is 6.23 Å². The highest BCUT2D eigenvalue weighted by atomic mass is 16.3. The van der Waals surface area contributed by atoms with E-state index >= 15 is 0 Å². The van der Waals surface area contributed by atoms with Crippen LogP contribution >= 0.6 is 0 Å². The number of likely N-dealkylation sites (tertiary alicyclic amines) is 1. The zero-order valence-corrected chi connectivity index (χ0v) is 6.74. The summed E-state index contributed by atoms with van der Waals surface area (Å²) in [4.78, 5) is 1.99. The first-order chi connectivity index (χ1) is 5.25. The maximum Gasteiger partial charge on any atom is 0.126 e. The summed E-state index contributed by atoms with van der Waals surface area (Å²) in [7, 11) is 0. The molecule has 2 atom stereocenters. The Balaban J connectivity index is 2.38. The molecule has 0 amide bonds. The molecule has 3 nitrogen and oxygen atoms in total. The third-order valence-corrected chi connectivity index (χ3v) is 2.13. The molecule has 1 fully saturated rings. The summed E-state index contributed by atoms with van der Waals surface area (Å²) in [6, 6.07) is -0.312. The molecule has 0 aromatic heterocycles.